The fourth-order valence-electron chi connectivity index (χ4n) is 1.04. The van der Waals surface area contributed by atoms with Crippen LogP contribution in [-0.2, 0) is 4.79 Å². The molecule has 0 saturated heterocycles. The maximum Gasteiger partial charge on any atom is 0.0707 e. The number of carbonyl (C=O) groups is 1. The molecule has 0 saturated carbocycles. The number of hydrogen-bond donors (Lipinski definition) is 0. The van der Waals surface area contributed by atoms with Crippen LogP contribution in [0.4, 0.5) is 0 Å². The molecule has 0 aromatic heterocycles. The van der Waals surface area contributed by atoms with Crippen molar-refractivity contribution in [1.29, 1.82) is 0 Å². The van der Waals surface area contributed by atoms with Crippen LogP contribution in [0.2, 0.25) is 0 Å². The van der Waals surface area contributed by atoms with Crippen LogP contribution in [-0.4, -0.2) is 10.8 Å². The third kappa shape index (κ3) is 2.82. The van der Waals surface area contributed by atoms with Crippen molar-refractivity contribution >= 4 is 37.8 Å². The summed E-state index contributed by atoms with van der Waals surface area (Å²) >= 11 is 6.36. The number of carboxylic acids is 1. The molecule has 0 amide bonds. The van der Waals surface area contributed by atoms with Gasteiger partial charge in [-0.1, -0.05) is 61.7 Å². The molecule has 2 atom stereocenters. The average Bonchev–Trinajstić information content (AvgIpc) is 2.16. The molecule has 0 aliphatic carbocycles. The zero-order valence-corrected chi connectivity index (χ0v) is 10.7. The van der Waals surface area contributed by atoms with Gasteiger partial charge in [-0.05, 0) is 12.5 Å². The highest BCUT2D eigenvalue weighted by Crippen LogP contribution is 2.30. The maximum atomic E-state index is 10.6. The van der Waals surface area contributed by atoms with Gasteiger partial charge < -0.3 is 9.90 Å². The average molecular weight is 321 g/mol. The van der Waals surface area contributed by atoms with E-state index in [4.69, 9.17) is 0 Å². The van der Waals surface area contributed by atoms with Gasteiger partial charge in [0.25, 0.3) is 0 Å². The number of carboxylic acid groups (broad SMARTS) is 1. The monoisotopic (exact) mass is 319 g/mol. The lowest BCUT2D eigenvalue weighted by Crippen LogP contribution is -2.34. The van der Waals surface area contributed by atoms with Crippen LogP contribution < -0.4 is 5.11 Å². The quantitative estimate of drug-likeness (QED) is 0.799. The van der Waals surface area contributed by atoms with Gasteiger partial charge in [-0.25, -0.2) is 0 Å². The van der Waals surface area contributed by atoms with E-state index in [1.807, 2.05) is 31.2 Å². The van der Waals surface area contributed by atoms with Crippen molar-refractivity contribution in [2.45, 2.75) is 16.6 Å². The summed E-state index contributed by atoms with van der Waals surface area (Å²) in [5.74, 6) is -1.12. The minimum absolute atomic E-state index is 0.270. The number of hydrogen-bond acceptors (Lipinski definition) is 2. The van der Waals surface area contributed by atoms with Crippen molar-refractivity contribution in [3.05, 3.63) is 35.4 Å². The van der Waals surface area contributed by atoms with Crippen molar-refractivity contribution in [3.63, 3.8) is 0 Å². The fourth-order valence-corrected chi connectivity index (χ4v) is 1.87. The summed E-state index contributed by atoms with van der Waals surface area (Å²) in [6.45, 7) is 1.98. The smallest absolute Gasteiger partial charge is 0.0707 e. The van der Waals surface area contributed by atoms with E-state index in [1.54, 1.807) is 0 Å². The van der Waals surface area contributed by atoms with Crippen molar-refractivity contribution in [2.24, 2.45) is 0 Å². The lowest BCUT2D eigenvalue weighted by molar-refractivity contribution is -0.304. The minimum Gasteiger partial charge on any atom is -0.549 e. The highest BCUT2D eigenvalue weighted by molar-refractivity contribution is 9.12. The number of alkyl halides is 2. The topological polar surface area (TPSA) is 40.1 Å². The van der Waals surface area contributed by atoms with Crippen molar-refractivity contribution < 1.29 is 9.90 Å². The van der Waals surface area contributed by atoms with E-state index in [2.05, 4.69) is 31.9 Å². The van der Waals surface area contributed by atoms with Gasteiger partial charge in [0.15, 0.2) is 0 Å². The van der Waals surface area contributed by atoms with Gasteiger partial charge in [-0.2, -0.15) is 0 Å². The summed E-state index contributed by atoms with van der Waals surface area (Å²) in [7, 11) is 0. The molecule has 1 aromatic carbocycles. The fraction of sp³-hybridized carbons (Fsp3) is 0.300. The van der Waals surface area contributed by atoms with Crippen molar-refractivity contribution in [3.8, 4) is 0 Å². The number of carbonyl (C=O) groups excluding carboxylic acids is 1. The van der Waals surface area contributed by atoms with E-state index >= 15 is 0 Å². The van der Waals surface area contributed by atoms with Gasteiger partial charge >= 0.3 is 0 Å². The lowest BCUT2D eigenvalue weighted by atomic mass is 10.1. The van der Waals surface area contributed by atoms with Gasteiger partial charge in [-0.3, -0.25) is 0 Å². The second-order valence-corrected chi connectivity index (χ2v) is 5.01. The molecule has 1 rings (SSSR count). The molecule has 1 aromatic rings. The Bertz CT molecular complexity index is 321. The largest absolute Gasteiger partial charge is 0.549 e. The highest BCUT2D eigenvalue weighted by Gasteiger charge is 2.18. The van der Waals surface area contributed by atoms with Gasteiger partial charge in [0.1, 0.15) is 0 Å². The lowest BCUT2D eigenvalue weighted by Gasteiger charge is -2.17. The van der Waals surface area contributed by atoms with Crippen LogP contribution >= 0.6 is 31.9 Å². The van der Waals surface area contributed by atoms with Gasteiger partial charge in [0, 0.05) is 0 Å². The van der Waals surface area contributed by atoms with Gasteiger partial charge in [0.05, 0.1) is 15.6 Å². The van der Waals surface area contributed by atoms with Crippen LogP contribution in [0.15, 0.2) is 24.3 Å². The Morgan fingerprint density at radius 2 is 1.79 bits per heavy atom. The number of rotatable bonds is 3. The Labute approximate surface area is 99.6 Å². The number of halogens is 2. The summed E-state index contributed by atoms with van der Waals surface area (Å²) in [5.41, 5.74) is 2.06. The maximum absolute atomic E-state index is 10.6. The molecule has 0 radical (unpaired) electrons. The molecule has 0 N–H and O–H groups in total. The number of aliphatic carboxylic acids is 1. The summed E-state index contributed by atoms with van der Waals surface area (Å²) in [5, 5.41) is 10.6. The standard InChI is InChI=1S/C10H10Br2O2/c1-6-2-4-7(5-3-6)8(11)9(12)10(13)14/h2-5,8-9H,1H3,(H,13,14)/p-1/t8-,9-/m0/s1. The summed E-state index contributed by atoms with van der Waals surface area (Å²) in [6.07, 6.45) is 0. The molecule has 14 heavy (non-hydrogen) atoms. The van der Waals surface area contributed by atoms with E-state index in [-0.39, 0.29) is 4.83 Å². The van der Waals surface area contributed by atoms with E-state index < -0.39 is 10.8 Å². The molecule has 2 nitrogen and oxygen atoms in total. The molecule has 0 heterocycles. The van der Waals surface area contributed by atoms with E-state index in [0.717, 1.165) is 11.1 Å². The summed E-state index contributed by atoms with van der Waals surface area (Å²) in [4.78, 5) is 9.61. The van der Waals surface area contributed by atoms with Crippen LogP contribution in [0, 0.1) is 6.92 Å². The first-order valence-electron chi connectivity index (χ1n) is 4.08. The number of aryl methyl sites for hydroxylation is 1. The minimum atomic E-state index is -1.12. The molecule has 0 aliphatic heterocycles. The zero-order valence-electron chi connectivity index (χ0n) is 7.54. The van der Waals surface area contributed by atoms with Gasteiger partial charge in [-0.15, -0.1) is 0 Å². The SMILES string of the molecule is Cc1ccc([C@H](Br)[C@H](Br)C(=O)[O-])cc1. The molecule has 0 fully saturated rings. The normalized spacial score (nSPS) is 14.8. The van der Waals surface area contributed by atoms with Crippen molar-refractivity contribution in [2.75, 3.05) is 0 Å². The molecular formula is C10H9Br2O2-. The first kappa shape index (κ1) is 11.7. The second-order valence-electron chi connectivity index (χ2n) is 3.03. The highest BCUT2D eigenvalue weighted by atomic mass is 79.9. The molecule has 0 bridgehead atoms. The van der Waals surface area contributed by atoms with Gasteiger partial charge in [0.2, 0.25) is 0 Å². The van der Waals surface area contributed by atoms with E-state index in [0.29, 0.717) is 0 Å². The second kappa shape index (κ2) is 4.94. The Morgan fingerprint density at radius 1 is 1.29 bits per heavy atom. The van der Waals surface area contributed by atoms with Crippen molar-refractivity contribution in [1.82, 2.24) is 0 Å². The molecular weight excluding hydrogens is 312 g/mol. The van der Waals surface area contributed by atoms with Crippen LogP contribution in [0.1, 0.15) is 16.0 Å². The van der Waals surface area contributed by atoms with Crippen LogP contribution in [0.5, 0.6) is 0 Å². The first-order valence-corrected chi connectivity index (χ1v) is 5.91. The van der Waals surface area contributed by atoms with E-state index in [9.17, 15) is 9.90 Å². The molecule has 0 aliphatic rings. The summed E-state index contributed by atoms with van der Waals surface area (Å²) in [6, 6.07) is 7.68. The van der Waals surface area contributed by atoms with Crippen LogP contribution in [0.25, 0.3) is 0 Å². The predicted octanol–water partition coefficient (Wildman–Crippen LogP) is 1.94. The van der Waals surface area contributed by atoms with Crippen LogP contribution in [0.3, 0.4) is 0 Å². The Morgan fingerprint density at radius 3 is 2.21 bits per heavy atom. The Balaban J connectivity index is 2.84. The molecule has 0 spiro atoms. The first-order chi connectivity index (χ1) is 6.52. The summed E-state index contributed by atoms with van der Waals surface area (Å²) < 4.78 is 0. The predicted molar refractivity (Wildman–Crippen MR) is 60.6 cm³/mol. The number of benzene rings is 1. The third-order valence-corrected chi connectivity index (χ3v) is 4.55. The Kier molecular flexibility index (Phi) is 4.13. The molecule has 0 unspecified atom stereocenters. The third-order valence-electron chi connectivity index (χ3n) is 1.88. The zero-order chi connectivity index (χ0) is 10.7. The molecule has 4 heteroatoms. The molecule has 76 valence electrons. The van der Waals surface area contributed by atoms with E-state index in [1.165, 1.54) is 0 Å². The Hall–Kier alpha value is -0.350.